The Balaban J connectivity index is 1.52. The zero-order valence-corrected chi connectivity index (χ0v) is 17.7. The fraction of sp³-hybridized carbons (Fsp3) is 0.440. The van der Waals surface area contributed by atoms with Crippen molar-refractivity contribution in [3.63, 3.8) is 0 Å². The van der Waals surface area contributed by atoms with Gasteiger partial charge in [-0.2, -0.15) is 0 Å². The van der Waals surface area contributed by atoms with Gasteiger partial charge in [0.25, 0.3) is 5.92 Å². The molecule has 5 nitrogen and oxygen atoms in total. The number of phenols is 1. The van der Waals surface area contributed by atoms with Gasteiger partial charge in [-0.1, -0.05) is 24.3 Å². The first-order valence-electron chi connectivity index (χ1n) is 11.2. The number of nitrogens with one attached hydrogen (secondary N) is 1. The van der Waals surface area contributed by atoms with E-state index in [0.29, 0.717) is 31.6 Å². The Hall–Kier alpha value is -2.64. The predicted molar refractivity (Wildman–Crippen MR) is 114 cm³/mol. The fourth-order valence-electron chi connectivity index (χ4n) is 7.27. The molecule has 0 radical (unpaired) electrons. The molecule has 2 aliphatic carbocycles. The molecule has 3 N–H and O–H groups in total. The van der Waals surface area contributed by atoms with Crippen molar-refractivity contribution in [1.82, 2.24) is 9.88 Å². The number of halogens is 2. The lowest BCUT2D eigenvalue weighted by Crippen LogP contribution is -2.75. The van der Waals surface area contributed by atoms with Crippen LogP contribution in [0.25, 0.3) is 10.9 Å². The third kappa shape index (κ3) is 2.05. The van der Waals surface area contributed by atoms with Crippen molar-refractivity contribution in [3.05, 3.63) is 58.8 Å². The lowest BCUT2D eigenvalue weighted by atomic mass is 9.49. The largest absolute Gasteiger partial charge is 0.504 e. The summed E-state index contributed by atoms with van der Waals surface area (Å²) < 4.78 is 34.7. The second-order valence-corrected chi connectivity index (χ2v) is 10.1. The number of aliphatic hydroxyl groups is 1. The molecule has 2 aliphatic heterocycles. The molecule has 166 valence electrons. The van der Waals surface area contributed by atoms with Crippen LogP contribution in [0.3, 0.4) is 0 Å². The van der Waals surface area contributed by atoms with Gasteiger partial charge in [-0.05, 0) is 42.6 Å². The van der Waals surface area contributed by atoms with Gasteiger partial charge in [0.15, 0.2) is 17.6 Å². The molecule has 2 aromatic carbocycles. The molecule has 2 bridgehead atoms. The number of aromatic nitrogens is 1. The number of phenolic OH excluding ortho intramolecular Hbond substituents is 1. The van der Waals surface area contributed by atoms with Gasteiger partial charge >= 0.3 is 0 Å². The summed E-state index contributed by atoms with van der Waals surface area (Å²) in [6.45, 7) is 0.997. The topological polar surface area (TPSA) is 68.7 Å². The number of piperidine rings is 1. The molecular weight excluding hydrogens is 414 g/mol. The summed E-state index contributed by atoms with van der Waals surface area (Å²) in [6.07, 6.45) is 0.791. The molecule has 32 heavy (non-hydrogen) atoms. The Morgan fingerprint density at radius 3 is 2.88 bits per heavy atom. The lowest BCUT2D eigenvalue weighted by molar-refractivity contribution is -0.183. The van der Waals surface area contributed by atoms with Gasteiger partial charge in [0, 0.05) is 35.9 Å². The number of para-hydroxylation sites is 1. The number of alkyl halides is 2. The average Bonchev–Trinajstić information content (AvgIpc) is 3.26. The van der Waals surface area contributed by atoms with E-state index in [1.165, 1.54) is 0 Å². The van der Waals surface area contributed by atoms with Gasteiger partial charge in [0.05, 0.1) is 23.3 Å². The molecule has 0 amide bonds. The van der Waals surface area contributed by atoms with Crippen molar-refractivity contribution in [2.45, 2.75) is 55.3 Å². The van der Waals surface area contributed by atoms with Crippen LogP contribution in [0.4, 0.5) is 8.78 Å². The quantitative estimate of drug-likeness (QED) is 0.569. The third-order valence-corrected chi connectivity index (χ3v) is 8.36. The van der Waals surface area contributed by atoms with Gasteiger partial charge in [0.2, 0.25) is 0 Å². The minimum absolute atomic E-state index is 0.0634. The number of ether oxygens (including phenoxy) is 1. The molecule has 1 fully saturated rings. The second kappa shape index (κ2) is 5.64. The minimum Gasteiger partial charge on any atom is -0.504 e. The zero-order chi connectivity index (χ0) is 22.0. The summed E-state index contributed by atoms with van der Waals surface area (Å²) >= 11 is 0. The Morgan fingerprint density at radius 1 is 1.25 bits per heavy atom. The van der Waals surface area contributed by atoms with Crippen LogP contribution in [0.15, 0.2) is 36.4 Å². The van der Waals surface area contributed by atoms with Gasteiger partial charge in [-0.3, -0.25) is 4.90 Å². The summed E-state index contributed by atoms with van der Waals surface area (Å²) in [6, 6.07) is 11.0. The van der Waals surface area contributed by atoms with Crippen LogP contribution in [0, 0.1) is 0 Å². The van der Waals surface area contributed by atoms with Crippen molar-refractivity contribution in [3.8, 4) is 11.5 Å². The van der Waals surface area contributed by atoms with E-state index in [9.17, 15) is 19.0 Å². The molecule has 1 saturated heterocycles. The lowest BCUT2D eigenvalue weighted by Gasteiger charge is -2.62. The molecule has 1 unspecified atom stereocenters. The Kier molecular flexibility index (Phi) is 3.33. The molecule has 4 atom stereocenters. The van der Waals surface area contributed by atoms with Gasteiger partial charge in [-0.15, -0.1) is 0 Å². The first-order chi connectivity index (χ1) is 15.2. The number of hydrogen-bond donors (Lipinski definition) is 3. The first-order valence-corrected chi connectivity index (χ1v) is 11.2. The van der Waals surface area contributed by atoms with Crippen molar-refractivity contribution < 1.29 is 23.7 Å². The molecule has 1 aromatic heterocycles. The molecule has 7 rings (SSSR count). The monoisotopic (exact) mass is 438 g/mol. The molecule has 3 heterocycles. The first kappa shape index (κ1) is 18.9. The molecule has 3 aromatic rings. The summed E-state index contributed by atoms with van der Waals surface area (Å²) in [5, 5.41) is 24.2. The van der Waals surface area contributed by atoms with Crippen LogP contribution in [-0.4, -0.2) is 50.8 Å². The van der Waals surface area contributed by atoms with Gasteiger partial charge in [0.1, 0.15) is 0 Å². The number of hydrogen-bond acceptors (Lipinski definition) is 4. The minimum atomic E-state index is -2.85. The van der Waals surface area contributed by atoms with Crippen molar-refractivity contribution >= 4 is 10.9 Å². The zero-order valence-electron chi connectivity index (χ0n) is 17.7. The van der Waals surface area contributed by atoms with Crippen molar-refractivity contribution in [2.75, 3.05) is 13.1 Å². The van der Waals surface area contributed by atoms with Crippen LogP contribution in [-0.2, 0) is 18.3 Å². The van der Waals surface area contributed by atoms with Crippen LogP contribution < -0.4 is 4.74 Å². The van der Waals surface area contributed by atoms with Crippen molar-refractivity contribution in [2.24, 2.45) is 0 Å². The number of benzene rings is 2. The molecular formula is C25H24F2N2O3. The number of aromatic amines is 1. The van der Waals surface area contributed by atoms with E-state index in [2.05, 4.69) is 4.98 Å². The smallest absolute Gasteiger partial charge is 0.257 e. The van der Waals surface area contributed by atoms with E-state index in [1.807, 2.05) is 30.3 Å². The summed E-state index contributed by atoms with van der Waals surface area (Å²) in [5.74, 6) is -2.35. The average molecular weight is 438 g/mol. The highest BCUT2D eigenvalue weighted by molar-refractivity contribution is 5.86. The number of H-pyrrole nitrogens is 1. The maximum atomic E-state index is 14.1. The summed E-state index contributed by atoms with van der Waals surface area (Å²) in [4.78, 5) is 5.29. The van der Waals surface area contributed by atoms with E-state index in [0.717, 1.165) is 40.2 Å². The molecule has 7 heteroatoms. The summed E-state index contributed by atoms with van der Waals surface area (Å²) in [5.41, 5.74) is 2.64. The third-order valence-electron chi connectivity index (χ3n) is 8.36. The van der Waals surface area contributed by atoms with Crippen LogP contribution in [0.2, 0.25) is 0 Å². The summed E-state index contributed by atoms with van der Waals surface area (Å²) in [7, 11) is 0. The normalized spacial score (nSPS) is 32.5. The number of fused-ring (bicyclic) bond motifs is 4. The van der Waals surface area contributed by atoms with Gasteiger partial charge < -0.3 is 19.9 Å². The standard InChI is InChI=1S/C25H24F2N2O3/c1-23(26,27)12-29-9-8-24-19-13-6-7-17(30)21(19)32-22(24)20-15(11-25(24,31)18(29)10-13)14-4-2-3-5-16(14)28-20/h2-7,18,22,28,30-31H,8-12H2,1H3/t18-,22+,24?,25-/m1/s1. The van der Waals surface area contributed by atoms with E-state index in [-0.39, 0.29) is 12.3 Å². The highest BCUT2D eigenvalue weighted by Crippen LogP contribution is 2.69. The molecule has 4 aliphatic rings. The Bertz CT molecular complexity index is 1300. The molecule has 1 spiro atoms. The van der Waals surface area contributed by atoms with E-state index >= 15 is 0 Å². The van der Waals surface area contributed by atoms with Crippen LogP contribution in [0.1, 0.15) is 41.8 Å². The van der Waals surface area contributed by atoms with E-state index in [1.54, 1.807) is 11.0 Å². The van der Waals surface area contributed by atoms with Crippen molar-refractivity contribution in [1.29, 1.82) is 0 Å². The Labute approximate surface area is 183 Å². The van der Waals surface area contributed by atoms with E-state index in [4.69, 9.17) is 4.74 Å². The molecule has 0 saturated carbocycles. The number of rotatable bonds is 2. The number of likely N-dealkylation sites (tertiary alicyclic amines) is 1. The SMILES string of the molecule is CC(F)(F)CN1CCC23c4c5ccc(O)c4O[C@H]2c2[nH]c4ccccc4c2C[C@@]3(O)[C@H]1C5. The number of aromatic hydroxyl groups is 1. The maximum absolute atomic E-state index is 14.1. The van der Waals surface area contributed by atoms with Gasteiger partial charge in [-0.25, -0.2) is 8.78 Å². The van der Waals surface area contributed by atoms with Crippen LogP contribution in [0.5, 0.6) is 11.5 Å². The van der Waals surface area contributed by atoms with Crippen LogP contribution >= 0.6 is 0 Å². The number of nitrogens with zero attached hydrogens (tertiary/aromatic N) is 1. The fourth-order valence-corrected chi connectivity index (χ4v) is 7.27. The highest BCUT2D eigenvalue weighted by atomic mass is 19.3. The highest BCUT2D eigenvalue weighted by Gasteiger charge is 2.73. The van der Waals surface area contributed by atoms with E-state index < -0.39 is 29.1 Å². The second-order valence-electron chi connectivity index (χ2n) is 10.1. The maximum Gasteiger partial charge on any atom is 0.257 e. The predicted octanol–water partition coefficient (Wildman–Crippen LogP) is 3.82. The Morgan fingerprint density at radius 2 is 2.06 bits per heavy atom.